The van der Waals surface area contributed by atoms with Gasteiger partial charge in [0.25, 0.3) is 10.9 Å². The summed E-state index contributed by atoms with van der Waals surface area (Å²) >= 11 is 0. The molecule has 0 aliphatic rings. The quantitative estimate of drug-likeness (QED) is 0.271. The number of pyridine rings is 1. The van der Waals surface area contributed by atoms with E-state index in [0.717, 1.165) is 12.0 Å². The number of anilines is 4. The van der Waals surface area contributed by atoms with Crippen molar-refractivity contribution in [1.82, 2.24) is 4.98 Å². The van der Waals surface area contributed by atoms with Crippen LogP contribution < -0.4 is 26.8 Å². The van der Waals surface area contributed by atoms with Gasteiger partial charge in [0.15, 0.2) is 0 Å². The van der Waals surface area contributed by atoms with E-state index in [4.69, 9.17) is 0 Å². The first-order valence-electron chi connectivity index (χ1n) is 10.4. The van der Waals surface area contributed by atoms with E-state index < -0.39 is 10.9 Å². The molecule has 0 spiro atoms. The first-order chi connectivity index (χ1) is 16.1. The molecule has 7 nitrogen and oxygen atoms in total. The Labute approximate surface area is 190 Å². The molecule has 1 amide bonds. The van der Waals surface area contributed by atoms with Crippen LogP contribution in [0.2, 0.25) is 0 Å². The topological polar surface area (TPSA) is 100 Å². The van der Waals surface area contributed by atoms with Gasteiger partial charge in [-0.3, -0.25) is 19.4 Å². The molecule has 0 saturated carbocycles. The van der Waals surface area contributed by atoms with Crippen LogP contribution in [0.3, 0.4) is 0 Å². The molecule has 0 bridgehead atoms. The molecule has 0 aliphatic heterocycles. The van der Waals surface area contributed by atoms with Crippen LogP contribution >= 0.6 is 0 Å². The van der Waals surface area contributed by atoms with Crippen molar-refractivity contribution < 1.29 is 4.79 Å². The average Bonchev–Trinajstić information content (AvgIpc) is 2.86. The minimum atomic E-state index is -0.561. The molecule has 0 aliphatic carbocycles. The Kier molecular flexibility index (Phi) is 6.40. The normalized spacial score (nSPS) is 10.5. The predicted molar refractivity (Wildman–Crippen MR) is 132 cm³/mol. The van der Waals surface area contributed by atoms with Gasteiger partial charge in [0.1, 0.15) is 11.4 Å². The predicted octanol–water partition coefficient (Wildman–Crippen LogP) is 3.87. The van der Waals surface area contributed by atoms with Crippen LogP contribution in [0, 0.1) is 0 Å². The van der Waals surface area contributed by atoms with Crippen molar-refractivity contribution in [2.45, 2.75) is 6.42 Å². The van der Waals surface area contributed by atoms with Crippen molar-refractivity contribution >= 4 is 28.7 Å². The van der Waals surface area contributed by atoms with Gasteiger partial charge in [-0.2, -0.15) is 0 Å². The maximum atomic E-state index is 12.2. The van der Waals surface area contributed by atoms with Crippen LogP contribution in [0.15, 0.2) is 95.2 Å². The lowest BCUT2D eigenvalue weighted by atomic mass is 10.1. The van der Waals surface area contributed by atoms with Crippen LogP contribution in [0.1, 0.15) is 5.56 Å². The number of benzene rings is 2. The Balaban J connectivity index is 1.52. The number of amides is 1. The highest BCUT2D eigenvalue weighted by molar-refractivity contribution is 6.01. The molecule has 4 rings (SSSR count). The number of hydrogen-bond donors (Lipinski definition) is 3. The van der Waals surface area contributed by atoms with Gasteiger partial charge in [-0.25, -0.2) is 0 Å². The maximum absolute atomic E-state index is 12.2. The molecule has 3 aromatic carbocycles. The molecule has 0 saturated heterocycles. The number of hydrogen-bond acceptors (Lipinski definition) is 6. The molecule has 0 fully saturated rings. The number of carbonyl (C=O) groups is 1. The van der Waals surface area contributed by atoms with Gasteiger partial charge >= 0.3 is 0 Å². The van der Waals surface area contributed by atoms with Crippen molar-refractivity contribution in [3.63, 3.8) is 0 Å². The van der Waals surface area contributed by atoms with Crippen molar-refractivity contribution in [2.75, 3.05) is 22.5 Å². The number of carbonyl (C=O) groups excluding carboxylic acids is 1. The summed E-state index contributed by atoms with van der Waals surface area (Å²) in [6.45, 7) is 4.00. The van der Waals surface area contributed by atoms with E-state index in [1.165, 1.54) is 6.08 Å². The highest BCUT2D eigenvalue weighted by atomic mass is 16.2. The highest BCUT2D eigenvalue weighted by Crippen LogP contribution is 2.29. The molecular weight excluding hydrogens is 416 g/mol. The zero-order valence-corrected chi connectivity index (χ0v) is 17.8. The second-order valence-corrected chi connectivity index (χ2v) is 7.36. The van der Waals surface area contributed by atoms with E-state index in [1.54, 1.807) is 30.5 Å². The molecule has 0 atom stereocenters. The van der Waals surface area contributed by atoms with Gasteiger partial charge < -0.3 is 16.0 Å². The fraction of sp³-hybridized carbons (Fsp3) is 0.0769. The summed E-state index contributed by atoms with van der Waals surface area (Å²) in [7, 11) is 0. The smallest absolute Gasteiger partial charge is 0.253 e. The molecule has 3 N–H and O–H groups in total. The first kappa shape index (κ1) is 21.7. The van der Waals surface area contributed by atoms with Crippen LogP contribution in [0.5, 0.6) is 0 Å². The Morgan fingerprint density at radius 2 is 1.67 bits per heavy atom. The summed E-state index contributed by atoms with van der Waals surface area (Å²) in [6, 6.07) is 20.6. The van der Waals surface area contributed by atoms with Crippen LogP contribution in [0.4, 0.5) is 22.7 Å². The van der Waals surface area contributed by atoms with Gasteiger partial charge in [0.2, 0.25) is 5.91 Å². The van der Waals surface area contributed by atoms with Crippen molar-refractivity contribution in [3.05, 3.63) is 112 Å². The SMILES string of the molecule is C=CC(=O)Nc1ccccc1-c1cc(Nc2c(NCCc3ccccc3)c(=O)c2=O)ccn1. The highest BCUT2D eigenvalue weighted by Gasteiger charge is 2.21. The maximum Gasteiger partial charge on any atom is 0.253 e. The monoisotopic (exact) mass is 438 g/mol. The van der Waals surface area contributed by atoms with Gasteiger partial charge in [-0.15, -0.1) is 0 Å². The second kappa shape index (κ2) is 9.74. The Morgan fingerprint density at radius 1 is 0.939 bits per heavy atom. The van der Waals surface area contributed by atoms with Gasteiger partial charge in [-0.05, 0) is 36.3 Å². The lowest BCUT2D eigenvalue weighted by Gasteiger charge is -2.16. The van der Waals surface area contributed by atoms with Gasteiger partial charge in [0, 0.05) is 24.0 Å². The fourth-order valence-corrected chi connectivity index (χ4v) is 3.46. The third-order valence-corrected chi connectivity index (χ3v) is 5.14. The second-order valence-electron chi connectivity index (χ2n) is 7.36. The summed E-state index contributed by atoms with van der Waals surface area (Å²) in [5.74, 6) is -0.327. The van der Waals surface area contributed by atoms with E-state index in [2.05, 4.69) is 27.5 Å². The van der Waals surface area contributed by atoms with E-state index in [-0.39, 0.29) is 17.3 Å². The van der Waals surface area contributed by atoms with Crippen molar-refractivity contribution in [2.24, 2.45) is 0 Å². The van der Waals surface area contributed by atoms with Gasteiger partial charge in [0.05, 0.1) is 11.4 Å². The van der Waals surface area contributed by atoms with Crippen molar-refractivity contribution in [1.29, 1.82) is 0 Å². The minimum Gasteiger partial charge on any atom is -0.380 e. The molecular formula is C26H22N4O3. The van der Waals surface area contributed by atoms with Crippen LogP contribution in [0.25, 0.3) is 11.3 Å². The van der Waals surface area contributed by atoms with Crippen LogP contribution in [-0.4, -0.2) is 17.4 Å². The summed E-state index contributed by atoms with van der Waals surface area (Å²) in [5, 5.41) is 8.88. The van der Waals surface area contributed by atoms with E-state index in [9.17, 15) is 14.4 Å². The van der Waals surface area contributed by atoms with E-state index in [0.29, 0.717) is 29.2 Å². The minimum absolute atomic E-state index is 0.235. The first-order valence-corrected chi connectivity index (χ1v) is 10.4. The number of para-hydroxylation sites is 1. The number of nitrogens with one attached hydrogen (secondary N) is 3. The number of rotatable bonds is 9. The van der Waals surface area contributed by atoms with Crippen molar-refractivity contribution in [3.8, 4) is 11.3 Å². The standard InChI is InChI=1S/C26H22N4O3/c1-2-22(31)30-20-11-7-6-10-19(20)21-16-18(13-15-27-21)29-24-23(25(32)26(24)33)28-14-12-17-8-4-3-5-9-17/h2-11,13,15-16,28H,1,12,14H2,(H,27,29)(H,30,31). The number of nitrogens with zero attached hydrogens (tertiary/aromatic N) is 1. The molecule has 164 valence electrons. The molecule has 4 aromatic rings. The average molecular weight is 438 g/mol. The zero-order valence-electron chi connectivity index (χ0n) is 17.8. The summed E-state index contributed by atoms with van der Waals surface area (Å²) in [4.78, 5) is 40.4. The molecule has 33 heavy (non-hydrogen) atoms. The lowest BCUT2D eigenvalue weighted by Crippen LogP contribution is -2.37. The third-order valence-electron chi connectivity index (χ3n) is 5.14. The molecule has 1 heterocycles. The zero-order chi connectivity index (χ0) is 23.2. The van der Waals surface area contributed by atoms with Crippen LogP contribution in [-0.2, 0) is 11.2 Å². The molecule has 1 aromatic heterocycles. The Bertz CT molecular complexity index is 1370. The third kappa shape index (κ3) is 4.88. The summed E-state index contributed by atoms with van der Waals surface area (Å²) in [5.41, 5.74) is 3.06. The summed E-state index contributed by atoms with van der Waals surface area (Å²) in [6.07, 6.45) is 3.52. The molecule has 0 unspecified atom stereocenters. The number of aromatic nitrogens is 1. The Morgan fingerprint density at radius 3 is 2.45 bits per heavy atom. The molecule has 0 radical (unpaired) electrons. The Hall–Kier alpha value is -4.52. The van der Waals surface area contributed by atoms with E-state index >= 15 is 0 Å². The van der Waals surface area contributed by atoms with E-state index in [1.807, 2.05) is 42.5 Å². The van der Waals surface area contributed by atoms with Gasteiger partial charge in [-0.1, -0.05) is 55.1 Å². The summed E-state index contributed by atoms with van der Waals surface area (Å²) < 4.78 is 0. The molecule has 7 heteroatoms. The lowest BCUT2D eigenvalue weighted by molar-refractivity contribution is -0.111. The fourth-order valence-electron chi connectivity index (χ4n) is 3.46. The largest absolute Gasteiger partial charge is 0.380 e.